The number of rotatable bonds is 6. The van der Waals surface area contributed by atoms with Gasteiger partial charge >= 0.3 is 0 Å². The molecule has 7 nitrogen and oxygen atoms in total. The highest BCUT2D eigenvalue weighted by atomic mass is 16.5. The van der Waals surface area contributed by atoms with E-state index in [1.54, 1.807) is 0 Å². The summed E-state index contributed by atoms with van der Waals surface area (Å²) in [5.74, 6) is 2.28. The van der Waals surface area contributed by atoms with Crippen LogP contribution >= 0.6 is 0 Å². The van der Waals surface area contributed by atoms with Crippen molar-refractivity contribution in [3.63, 3.8) is 0 Å². The zero-order valence-electron chi connectivity index (χ0n) is 15.1. The van der Waals surface area contributed by atoms with E-state index in [-0.39, 0.29) is 11.9 Å². The quantitative estimate of drug-likeness (QED) is 0.802. The molecule has 25 heavy (non-hydrogen) atoms. The van der Waals surface area contributed by atoms with E-state index in [0.29, 0.717) is 24.6 Å². The van der Waals surface area contributed by atoms with Crippen molar-refractivity contribution in [3.8, 4) is 0 Å². The fraction of sp³-hybridized carbons (Fsp3) is 0.556. The standard InChI is InChI=1S/C18H25N5O2/c1-4-15-20-17(25-21-15)7-8-18(24)23-11-5-6-14(23)13-9-10-19-16(12-13)22(2)3/h9-10,12,14H,4-8,11H2,1-3H3/t14-/m1/s1. The Morgan fingerprint density at radius 1 is 1.44 bits per heavy atom. The summed E-state index contributed by atoms with van der Waals surface area (Å²) in [6.07, 6.45) is 5.46. The van der Waals surface area contributed by atoms with Gasteiger partial charge in [0.15, 0.2) is 5.82 Å². The molecule has 0 spiro atoms. The van der Waals surface area contributed by atoms with E-state index in [1.165, 1.54) is 0 Å². The third kappa shape index (κ3) is 3.97. The molecule has 0 radical (unpaired) electrons. The lowest BCUT2D eigenvalue weighted by atomic mass is 10.1. The van der Waals surface area contributed by atoms with Crippen LogP contribution in [0, 0.1) is 0 Å². The van der Waals surface area contributed by atoms with Gasteiger partial charge in [-0.15, -0.1) is 0 Å². The highest BCUT2D eigenvalue weighted by molar-refractivity contribution is 5.77. The molecule has 1 amide bonds. The molecule has 1 fully saturated rings. The number of hydrogen-bond donors (Lipinski definition) is 0. The highest BCUT2D eigenvalue weighted by Crippen LogP contribution is 2.33. The van der Waals surface area contributed by atoms with E-state index in [2.05, 4.69) is 21.2 Å². The monoisotopic (exact) mass is 343 g/mol. The number of amides is 1. The SMILES string of the molecule is CCc1noc(CCC(=O)N2CCC[C@@H]2c2ccnc(N(C)C)c2)n1. The first-order valence-corrected chi connectivity index (χ1v) is 8.82. The normalized spacial score (nSPS) is 17.1. The number of carbonyl (C=O) groups is 1. The molecule has 0 bridgehead atoms. The largest absolute Gasteiger partial charge is 0.363 e. The first-order chi connectivity index (χ1) is 12.1. The lowest BCUT2D eigenvalue weighted by molar-refractivity contribution is -0.132. The Balaban J connectivity index is 1.66. The van der Waals surface area contributed by atoms with Crippen molar-refractivity contribution in [1.82, 2.24) is 20.0 Å². The molecule has 1 saturated heterocycles. The summed E-state index contributed by atoms with van der Waals surface area (Å²) in [7, 11) is 3.94. The summed E-state index contributed by atoms with van der Waals surface area (Å²) in [6.45, 7) is 2.78. The van der Waals surface area contributed by atoms with Gasteiger partial charge in [0.1, 0.15) is 5.82 Å². The summed E-state index contributed by atoms with van der Waals surface area (Å²) in [5.41, 5.74) is 1.15. The third-order valence-electron chi connectivity index (χ3n) is 4.56. The van der Waals surface area contributed by atoms with Gasteiger partial charge in [0.25, 0.3) is 0 Å². The van der Waals surface area contributed by atoms with Crippen LogP contribution in [-0.2, 0) is 17.6 Å². The molecule has 1 atom stereocenters. The number of hydrogen-bond acceptors (Lipinski definition) is 6. The molecular formula is C18H25N5O2. The minimum absolute atomic E-state index is 0.128. The summed E-state index contributed by atoms with van der Waals surface area (Å²) >= 11 is 0. The maximum atomic E-state index is 12.7. The summed E-state index contributed by atoms with van der Waals surface area (Å²) in [5, 5.41) is 3.88. The second-order valence-corrected chi connectivity index (χ2v) is 6.54. The van der Waals surface area contributed by atoms with Gasteiger partial charge in [-0.3, -0.25) is 4.79 Å². The molecule has 2 aromatic heterocycles. The van der Waals surface area contributed by atoms with Gasteiger partial charge in [-0.1, -0.05) is 12.1 Å². The number of aryl methyl sites for hydroxylation is 2. The number of anilines is 1. The van der Waals surface area contributed by atoms with E-state index in [1.807, 2.05) is 43.1 Å². The topological polar surface area (TPSA) is 75.4 Å². The van der Waals surface area contributed by atoms with Gasteiger partial charge < -0.3 is 14.3 Å². The Hall–Kier alpha value is -2.44. The van der Waals surface area contributed by atoms with Crippen LogP contribution in [0.25, 0.3) is 0 Å². The Labute approximate surface area is 148 Å². The van der Waals surface area contributed by atoms with Gasteiger partial charge in [0, 0.05) is 46.1 Å². The molecule has 1 aliphatic heterocycles. The van der Waals surface area contributed by atoms with E-state index >= 15 is 0 Å². The van der Waals surface area contributed by atoms with Crippen LogP contribution in [0.1, 0.15) is 49.5 Å². The highest BCUT2D eigenvalue weighted by Gasteiger charge is 2.30. The number of carbonyl (C=O) groups excluding carboxylic acids is 1. The van der Waals surface area contributed by atoms with Crippen molar-refractivity contribution in [2.24, 2.45) is 0 Å². The van der Waals surface area contributed by atoms with E-state index in [0.717, 1.165) is 37.2 Å². The van der Waals surface area contributed by atoms with Crippen molar-refractivity contribution in [3.05, 3.63) is 35.6 Å². The van der Waals surface area contributed by atoms with Crippen LogP contribution in [0.5, 0.6) is 0 Å². The first-order valence-electron chi connectivity index (χ1n) is 8.82. The third-order valence-corrected chi connectivity index (χ3v) is 4.56. The van der Waals surface area contributed by atoms with Crippen LogP contribution in [0.4, 0.5) is 5.82 Å². The summed E-state index contributed by atoms with van der Waals surface area (Å²) in [6, 6.07) is 4.21. The van der Waals surface area contributed by atoms with Crippen LogP contribution < -0.4 is 4.90 Å². The minimum Gasteiger partial charge on any atom is -0.363 e. The Morgan fingerprint density at radius 3 is 3.00 bits per heavy atom. The fourth-order valence-electron chi connectivity index (χ4n) is 3.19. The molecule has 0 aliphatic carbocycles. The Bertz CT molecular complexity index is 728. The van der Waals surface area contributed by atoms with E-state index in [9.17, 15) is 4.79 Å². The molecule has 0 N–H and O–H groups in total. The molecular weight excluding hydrogens is 318 g/mol. The summed E-state index contributed by atoms with van der Waals surface area (Å²) < 4.78 is 5.18. The van der Waals surface area contributed by atoms with Crippen LogP contribution in [0.15, 0.2) is 22.9 Å². The average molecular weight is 343 g/mol. The predicted octanol–water partition coefficient (Wildman–Crippen LogP) is 2.39. The molecule has 0 aromatic carbocycles. The van der Waals surface area contributed by atoms with Crippen LogP contribution in [-0.4, -0.2) is 46.6 Å². The second-order valence-electron chi connectivity index (χ2n) is 6.54. The fourth-order valence-corrected chi connectivity index (χ4v) is 3.19. The molecule has 7 heteroatoms. The van der Waals surface area contributed by atoms with E-state index < -0.39 is 0 Å². The van der Waals surface area contributed by atoms with Crippen molar-refractivity contribution in [2.75, 3.05) is 25.5 Å². The number of aromatic nitrogens is 3. The number of pyridine rings is 1. The van der Waals surface area contributed by atoms with Gasteiger partial charge in [0.2, 0.25) is 11.8 Å². The Morgan fingerprint density at radius 2 is 2.28 bits per heavy atom. The second kappa shape index (κ2) is 7.63. The van der Waals surface area contributed by atoms with Gasteiger partial charge in [-0.05, 0) is 30.5 Å². The molecule has 3 heterocycles. The van der Waals surface area contributed by atoms with Crippen molar-refractivity contribution >= 4 is 11.7 Å². The van der Waals surface area contributed by atoms with Crippen molar-refractivity contribution < 1.29 is 9.32 Å². The minimum atomic E-state index is 0.128. The zero-order valence-corrected chi connectivity index (χ0v) is 15.1. The molecule has 0 unspecified atom stereocenters. The molecule has 1 aliphatic rings. The predicted molar refractivity (Wildman–Crippen MR) is 94.2 cm³/mol. The van der Waals surface area contributed by atoms with E-state index in [4.69, 9.17) is 4.52 Å². The molecule has 134 valence electrons. The van der Waals surface area contributed by atoms with Crippen molar-refractivity contribution in [1.29, 1.82) is 0 Å². The first kappa shape index (κ1) is 17.4. The summed E-state index contributed by atoms with van der Waals surface area (Å²) in [4.78, 5) is 25.3. The average Bonchev–Trinajstić information content (AvgIpc) is 3.29. The Kier molecular flexibility index (Phi) is 5.31. The van der Waals surface area contributed by atoms with Gasteiger partial charge in [0.05, 0.1) is 6.04 Å². The molecule has 3 rings (SSSR count). The van der Waals surface area contributed by atoms with Crippen LogP contribution in [0.2, 0.25) is 0 Å². The number of nitrogens with zero attached hydrogens (tertiary/aromatic N) is 5. The molecule has 2 aromatic rings. The lowest BCUT2D eigenvalue weighted by Gasteiger charge is -2.25. The smallest absolute Gasteiger partial charge is 0.227 e. The maximum Gasteiger partial charge on any atom is 0.227 e. The van der Waals surface area contributed by atoms with Crippen LogP contribution in [0.3, 0.4) is 0 Å². The number of likely N-dealkylation sites (tertiary alicyclic amines) is 1. The lowest BCUT2D eigenvalue weighted by Crippen LogP contribution is -2.30. The van der Waals surface area contributed by atoms with Gasteiger partial charge in [-0.2, -0.15) is 4.98 Å². The maximum absolute atomic E-state index is 12.7. The van der Waals surface area contributed by atoms with Crippen molar-refractivity contribution in [2.45, 2.75) is 45.1 Å². The zero-order chi connectivity index (χ0) is 17.8. The van der Waals surface area contributed by atoms with Gasteiger partial charge in [-0.25, -0.2) is 4.98 Å². The molecule has 0 saturated carbocycles.